The van der Waals surface area contributed by atoms with Crippen LogP contribution in [0, 0.1) is 6.92 Å². The number of aromatic carboxylic acids is 1. The third kappa shape index (κ3) is 4.59. The maximum absolute atomic E-state index is 12.4. The van der Waals surface area contributed by atoms with E-state index in [9.17, 15) is 28.0 Å². The van der Waals surface area contributed by atoms with E-state index >= 15 is 0 Å². The molecule has 0 fully saturated rings. The molecule has 0 radical (unpaired) electrons. The van der Waals surface area contributed by atoms with Crippen LogP contribution in [0.2, 0.25) is 0 Å². The summed E-state index contributed by atoms with van der Waals surface area (Å²) in [5, 5.41) is 30.2. The van der Waals surface area contributed by atoms with E-state index < -0.39 is 32.3 Å². The molecular weight excluding hydrogens is 460 g/mol. The van der Waals surface area contributed by atoms with E-state index in [0.717, 1.165) is 6.07 Å². The van der Waals surface area contributed by atoms with Crippen LogP contribution in [0.3, 0.4) is 0 Å². The molecule has 0 aliphatic carbocycles. The first-order chi connectivity index (χ1) is 12.7. The number of hydrogen-bond acceptors (Lipinski definition) is 7. The maximum atomic E-state index is 12.4. The van der Waals surface area contributed by atoms with E-state index in [1.165, 1.54) is 25.1 Å². The van der Waals surface area contributed by atoms with Crippen molar-refractivity contribution in [2.45, 2.75) is 11.8 Å². The normalized spacial score (nSPS) is 11.5. The van der Waals surface area contributed by atoms with Crippen molar-refractivity contribution in [3.05, 3.63) is 59.7 Å². The molecule has 0 saturated carbocycles. The summed E-state index contributed by atoms with van der Waals surface area (Å²) >= 11 is 0. The van der Waals surface area contributed by atoms with Gasteiger partial charge in [-0.1, -0.05) is 36.1 Å². The van der Waals surface area contributed by atoms with Gasteiger partial charge < -0.3 is 14.8 Å². The molecule has 28 heavy (non-hydrogen) atoms. The molecule has 1 N–H and O–H groups in total. The smallest absolute Gasteiger partial charge is 0.870 e. The number of fused-ring (bicyclic) bond motifs is 1. The molecular formula is C18H12N2O6SSr. The van der Waals surface area contributed by atoms with Crippen molar-refractivity contribution in [3.8, 4) is 5.75 Å². The van der Waals surface area contributed by atoms with Gasteiger partial charge >= 0.3 is 51.5 Å². The Labute approximate surface area is 197 Å². The van der Waals surface area contributed by atoms with Crippen molar-refractivity contribution in [2.24, 2.45) is 10.2 Å². The van der Waals surface area contributed by atoms with Gasteiger partial charge in [-0.3, -0.25) is 0 Å². The largest absolute Gasteiger partial charge is 2.00 e. The van der Waals surface area contributed by atoms with Gasteiger partial charge in [-0.2, -0.15) is 10.2 Å². The molecule has 0 amide bonds. The van der Waals surface area contributed by atoms with E-state index in [2.05, 4.69) is 10.2 Å². The molecule has 0 heterocycles. The van der Waals surface area contributed by atoms with Crippen molar-refractivity contribution in [2.75, 3.05) is 0 Å². The first-order valence-corrected chi connectivity index (χ1v) is 9.03. The molecule has 3 aromatic carbocycles. The Kier molecular flexibility index (Phi) is 6.97. The van der Waals surface area contributed by atoms with Crippen LogP contribution >= 0.6 is 0 Å². The molecule has 3 rings (SSSR count). The summed E-state index contributed by atoms with van der Waals surface area (Å²) in [7, 11) is -4.69. The van der Waals surface area contributed by atoms with Crippen molar-refractivity contribution >= 4 is 83.7 Å². The van der Waals surface area contributed by atoms with E-state index in [1.54, 1.807) is 24.3 Å². The molecule has 0 atom stereocenters. The van der Waals surface area contributed by atoms with E-state index in [4.69, 9.17) is 0 Å². The fraction of sp³-hybridized carbons (Fsp3) is 0.0556. The average Bonchev–Trinajstić information content (AvgIpc) is 2.60. The van der Waals surface area contributed by atoms with Gasteiger partial charge in [-0.05, 0) is 36.1 Å². The standard InChI is InChI=1S/C18H14N2O6S.Sr/c1-10-6-7-12(9-15(10)27(24,25)26)19-20-16-13-5-3-2-4-11(13)8-14(17(16)21)18(22)23;/h2-9,21H,1H3,(H,22,23)(H,24,25,26);/q;+2/p-2. The number of rotatable bonds is 4. The second-order valence-corrected chi connectivity index (χ2v) is 7.08. The Morgan fingerprint density at radius 3 is 2.39 bits per heavy atom. The maximum Gasteiger partial charge on any atom is 2.00 e. The van der Waals surface area contributed by atoms with Gasteiger partial charge in [0.2, 0.25) is 0 Å². The van der Waals surface area contributed by atoms with Gasteiger partial charge in [-0.25, -0.2) is 13.2 Å². The summed E-state index contributed by atoms with van der Waals surface area (Å²) in [5.74, 6) is -2.20. The van der Waals surface area contributed by atoms with Gasteiger partial charge in [0.25, 0.3) is 0 Å². The number of aryl methyl sites for hydroxylation is 1. The monoisotopic (exact) mass is 472 g/mol. The molecule has 10 heteroatoms. The zero-order valence-corrected chi connectivity index (χ0v) is 18.9. The Hall–Kier alpha value is -1.82. The Bertz CT molecular complexity index is 1210. The Morgan fingerprint density at radius 2 is 1.75 bits per heavy atom. The predicted octanol–water partition coefficient (Wildman–Crippen LogP) is 2.86. The molecule has 138 valence electrons. The number of nitrogens with zero attached hydrogens (tertiary/aromatic N) is 2. The zero-order valence-electron chi connectivity index (χ0n) is 14.6. The van der Waals surface area contributed by atoms with Crippen LogP contribution in [0.25, 0.3) is 10.8 Å². The quantitative estimate of drug-likeness (QED) is 0.352. The summed E-state index contributed by atoms with van der Waals surface area (Å²) in [6.45, 7) is 1.46. The number of benzene rings is 3. The molecule has 0 aliphatic heterocycles. The molecule has 0 aliphatic rings. The number of carboxylic acids is 1. The summed E-state index contributed by atoms with van der Waals surface area (Å²) in [6.07, 6.45) is 0. The van der Waals surface area contributed by atoms with Crippen LogP contribution < -0.4 is 5.11 Å². The second-order valence-electron chi connectivity index (χ2n) is 5.73. The number of carboxylic acid groups (broad SMARTS) is 1. The third-order valence-corrected chi connectivity index (χ3v) is 4.89. The van der Waals surface area contributed by atoms with Gasteiger partial charge in [0.1, 0.15) is 10.1 Å². The van der Waals surface area contributed by atoms with Crippen molar-refractivity contribution in [3.63, 3.8) is 0 Å². The van der Waals surface area contributed by atoms with Crippen LogP contribution in [0.4, 0.5) is 11.4 Å². The van der Waals surface area contributed by atoms with Crippen LogP contribution in [0.5, 0.6) is 5.75 Å². The van der Waals surface area contributed by atoms with Crippen molar-refractivity contribution in [1.82, 2.24) is 0 Å². The minimum Gasteiger partial charge on any atom is -0.870 e. The number of hydrogen-bond donors (Lipinski definition) is 1. The molecule has 8 nitrogen and oxygen atoms in total. The summed E-state index contributed by atoms with van der Waals surface area (Å²) < 4.78 is 33.9. The second kappa shape index (κ2) is 8.68. The minimum atomic E-state index is -4.69. The van der Waals surface area contributed by atoms with Crippen LogP contribution in [-0.4, -0.2) is 69.5 Å². The first kappa shape index (κ1) is 22.5. The number of azo groups is 1. The summed E-state index contributed by atoms with van der Waals surface area (Å²) in [5.41, 5.74) is -0.335. The molecule has 0 bridgehead atoms. The predicted molar refractivity (Wildman–Crippen MR) is 99.4 cm³/mol. The van der Waals surface area contributed by atoms with Gasteiger partial charge in [-0.15, -0.1) is 0 Å². The van der Waals surface area contributed by atoms with Crippen LogP contribution in [0.15, 0.2) is 63.7 Å². The van der Waals surface area contributed by atoms with E-state index in [0.29, 0.717) is 10.8 Å². The zero-order chi connectivity index (χ0) is 19.8. The number of carbonyl (C=O) groups is 1. The summed E-state index contributed by atoms with van der Waals surface area (Å²) in [4.78, 5) is 10.9. The molecule has 3 aromatic rings. The van der Waals surface area contributed by atoms with Crippen molar-refractivity contribution in [1.29, 1.82) is 0 Å². The molecule has 0 saturated heterocycles. The average molecular weight is 472 g/mol. The fourth-order valence-corrected chi connectivity index (χ4v) is 3.32. The van der Waals surface area contributed by atoms with Gasteiger partial charge in [0.05, 0.1) is 21.8 Å². The first-order valence-electron chi connectivity index (χ1n) is 7.63. The SMILES string of the molecule is Cc1ccc(N=Nc2c([O-])c(C(=O)O)cc3ccccc23)cc1S(=O)(=O)[O-].[Sr+2]. The van der Waals surface area contributed by atoms with E-state index in [1.807, 2.05) is 0 Å². The Morgan fingerprint density at radius 1 is 1.07 bits per heavy atom. The molecule has 0 aromatic heterocycles. The topological polar surface area (TPSA) is 142 Å². The van der Waals surface area contributed by atoms with Crippen LogP contribution in [0.1, 0.15) is 15.9 Å². The van der Waals surface area contributed by atoms with E-state index in [-0.39, 0.29) is 62.4 Å². The Balaban J connectivity index is 0.00000280. The van der Waals surface area contributed by atoms with Gasteiger partial charge in [0, 0.05) is 5.39 Å². The minimum absolute atomic E-state index is 0. The summed E-state index contributed by atoms with van der Waals surface area (Å²) in [6, 6.07) is 11.7. The van der Waals surface area contributed by atoms with Gasteiger partial charge in [0.15, 0.2) is 0 Å². The van der Waals surface area contributed by atoms with Crippen molar-refractivity contribution < 1.29 is 28.0 Å². The third-order valence-electron chi connectivity index (χ3n) is 3.91. The van der Waals surface area contributed by atoms with Crippen LogP contribution in [-0.2, 0) is 10.1 Å². The molecule has 0 spiro atoms. The molecule has 0 unspecified atom stereocenters. The fourth-order valence-electron chi connectivity index (χ4n) is 2.60.